The molecule has 1 atom stereocenters. The van der Waals surface area contributed by atoms with Crippen LogP contribution in [0.4, 0.5) is 0 Å². The molecule has 0 spiro atoms. The van der Waals surface area contributed by atoms with Crippen LogP contribution in [0.2, 0.25) is 0 Å². The van der Waals surface area contributed by atoms with Crippen molar-refractivity contribution in [2.45, 2.75) is 19.4 Å². The molecule has 0 aromatic carbocycles. The standard InChI is InChI=1S/C14H16N2O3S/c1-9-6-12(17)15-7-10(9)13(18)16-8-14(2,19)11-4-3-5-20-11/h3-7,19H,8H2,1-2H3,(H,15,17)(H,16,18). The molecule has 0 aliphatic heterocycles. The predicted molar refractivity (Wildman–Crippen MR) is 78.0 cm³/mol. The van der Waals surface area contributed by atoms with Crippen LogP contribution >= 0.6 is 11.3 Å². The van der Waals surface area contributed by atoms with Gasteiger partial charge in [-0.15, -0.1) is 11.3 Å². The van der Waals surface area contributed by atoms with Crippen molar-refractivity contribution < 1.29 is 9.90 Å². The van der Waals surface area contributed by atoms with Crippen LogP contribution in [0, 0.1) is 6.92 Å². The van der Waals surface area contributed by atoms with Gasteiger partial charge in [-0.25, -0.2) is 0 Å². The van der Waals surface area contributed by atoms with Gasteiger partial charge in [0, 0.05) is 17.1 Å². The highest BCUT2D eigenvalue weighted by atomic mass is 32.1. The minimum absolute atomic E-state index is 0.102. The summed E-state index contributed by atoms with van der Waals surface area (Å²) in [5.41, 5.74) is -0.363. The van der Waals surface area contributed by atoms with Crippen LogP contribution in [0.5, 0.6) is 0 Å². The fourth-order valence-electron chi connectivity index (χ4n) is 1.84. The third-order valence-electron chi connectivity index (χ3n) is 3.02. The van der Waals surface area contributed by atoms with Gasteiger partial charge in [-0.05, 0) is 30.9 Å². The number of aliphatic hydroxyl groups is 1. The van der Waals surface area contributed by atoms with E-state index in [9.17, 15) is 14.7 Å². The summed E-state index contributed by atoms with van der Waals surface area (Å²) >= 11 is 1.43. The van der Waals surface area contributed by atoms with Crippen molar-refractivity contribution >= 4 is 17.2 Å². The number of carbonyl (C=O) groups is 1. The molecule has 5 nitrogen and oxygen atoms in total. The number of rotatable bonds is 4. The molecule has 2 rings (SSSR count). The number of hydrogen-bond acceptors (Lipinski definition) is 4. The molecule has 0 fully saturated rings. The zero-order valence-electron chi connectivity index (χ0n) is 11.3. The number of amides is 1. The first kappa shape index (κ1) is 14.5. The van der Waals surface area contributed by atoms with Gasteiger partial charge in [-0.2, -0.15) is 0 Å². The third-order valence-corrected chi connectivity index (χ3v) is 4.14. The van der Waals surface area contributed by atoms with Gasteiger partial charge in [0.05, 0.1) is 12.1 Å². The number of H-pyrrole nitrogens is 1. The normalized spacial score (nSPS) is 13.8. The lowest BCUT2D eigenvalue weighted by Crippen LogP contribution is -2.38. The molecule has 1 amide bonds. The van der Waals surface area contributed by atoms with E-state index in [1.54, 1.807) is 13.8 Å². The van der Waals surface area contributed by atoms with Crippen molar-refractivity contribution in [3.05, 3.63) is 56.1 Å². The molecule has 0 saturated heterocycles. The molecule has 2 heterocycles. The molecule has 106 valence electrons. The largest absolute Gasteiger partial charge is 0.383 e. The number of nitrogens with one attached hydrogen (secondary N) is 2. The SMILES string of the molecule is Cc1cc(=O)[nH]cc1C(=O)NCC(C)(O)c1cccs1. The topological polar surface area (TPSA) is 82.2 Å². The summed E-state index contributed by atoms with van der Waals surface area (Å²) in [6, 6.07) is 5.04. The minimum atomic E-state index is -1.11. The summed E-state index contributed by atoms with van der Waals surface area (Å²) in [7, 11) is 0. The first-order chi connectivity index (χ1) is 9.40. The van der Waals surface area contributed by atoms with Crippen LogP contribution < -0.4 is 10.9 Å². The van der Waals surface area contributed by atoms with E-state index in [0.29, 0.717) is 11.1 Å². The second-order valence-corrected chi connectivity index (χ2v) is 5.78. The Balaban J connectivity index is 2.07. The van der Waals surface area contributed by atoms with E-state index in [2.05, 4.69) is 10.3 Å². The lowest BCUT2D eigenvalue weighted by molar-refractivity contribution is 0.0556. The molecule has 2 aromatic rings. The van der Waals surface area contributed by atoms with Crippen LogP contribution in [-0.4, -0.2) is 22.5 Å². The lowest BCUT2D eigenvalue weighted by Gasteiger charge is -2.22. The maximum absolute atomic E-state index is 12.1. The summed E-state index contributed by atoms with van der Waals surface area (Å²) in [4.78, 5) is 26.4. The molecule has 0 aliphatic carbocycles. The van der Waals surface area contributed by atoms with Crippen molar-refractivity contribution in [2.24, 2.45) is 0 Å². The third kappa shape index (κ3) is 3.15. The van der Waals surface area contributed by atoms with E-state index >= 15 is 0 Å². The van der Waals surface area contributed by atoms with Crippen LogP contribution in [0.1, 0.15) is 27.7 Å². The molecular weight excluding hydrogens is 276 g/mol. The summed E-state index contributed by atoms with van der Waals surface area (Å²) in [5.74, 6) is -0.324. The van der Waals surface area contributed by atoms with Gasteiger partial charge in [-0.3, -0.25) is 9.59 Å². The second-order valence-electron chi connectivity index (χ2n) is 4.83. The minimum Gasteiger partial charge on any atom is -0.383 e. The van der Waals surface area contributed by atoms with Gasteiger partial charge in [0.1, 0.15) is 5.60 Å². The fourth-order valence-corrected chi connectivity index (χ4v) is 2.62. The van der Waals surface area contributed by atoms with Gasteiger partial charge in [0.25, 0.3) is 5.91 Å². The quantitative estimate of drug-likeness (QED) is 0.796. The van der Waals surface area contributed by atoms with E-state index in [0.717, 1.165) is 4.88 Å². The Morgan fingerprint density at radius 1 is 1.55 bits per heavy atom. The molecule has 3 N–H and O–H groups in total. The summed E-state index contributed by atoms with van der Waals surface area (Å²) in [6.07, 6.45) is 1.38. The highest BCUT2D eigenvalue weighted by Crippen LogP contribution is 2.24. The molecule has 2 aromatic heterocycles. The Morgan fingerprint density at radius 3 is 2.90 bits per heavy atom. The number of carbonyl (C=O) groups excluding carboxylic acids is 1. The van der Waals surface area contributed by atoms with Crippen LogP contribution in [-0.2, 0) is 5.60 Å². The number of hydrogen-bond donors (Lipinski definition) is 3. The first-order valence-electron chi connectivity index (χ1n) is 6.14. The highest BCUT2D eigenvalue weighted by Gasteiger charge is 2.25. The Labute approximate surface area is 120 Å². The van der Waals surface area contributed by atoms with Crippen LogP contribution in [0.3, 0.4) is 0 Å². The molecule has 0 aliphatic rings. The van der Waals surface area contributed by atoms with Crippen molar-refractivity contribution in [3.8, 4) is 0 Å². The van der Waals surface area contributed by atoms with Gasteiger partial charge >= 0.3 is 0 Å². The van der Waals surface area contributed by atoms with Gasteiger partial charge in [0.15, 0.2) is 0 Å². The van der Waals surface area contributed by atoms with E-state index in [4.69, 9.17) is 0 Å². The molecule has 0 saturated carbocycles. The molecule has 1 unspecified atom stereocenters. The van der Waals surface area contributed by atoms with Crippen molar-refractivity contribution in [3.63, 3.8) is 0 Å². The van der Waals surface area contributed by atoms with Gasteiger partial charge in [-0.1, -0.05) is 6.07 Å². The van der Waals surface area contributed by atoms with E-state index in [1.807, 2.05) is 17.5 Å². The van der Waals surface area contributed by atoms with Gasteiger partial charge < -0.3 is 15.4 Å². The average molecular weight is 292 g/mol. The van der Waals surface area contributed by atoms with E-state index in [1.165, 1.54) is 23.6 Å². The predicted octanol–water partition coefficient (Wildman–Crippen LogP) is 1.38. The maximum Gasteiger partial charge on any atom is 0.253 e. The van der Waals surface area contributed by atoms with Crippen LogP contribution in [0.25, 0.3) is 0 Å². The fraction of sp³-hybridized carbons (Fsp3) is 0.286. The summed E-state index contributed by atoms with van der Waals surface area (Å²) in [6.45, 7) is 3.45. The number of aromatic nitrogens is 1. The second kappa shape index (κ2) is 5.60. The molecule has 20 heavy (non-hydrogen) atoms. The first-order valence-corrected chi connectivity index (χ1v) is 7.02. The van der Waals surface area contributed by atoms with Crippen molar-refractivity contribution in [1.29, 1.82) is 0 Å². The molecule has 6 heteroatoms. The van der Waals surface area contributed by atoms with Crippen molar-refractivity contribution in [2.75, 3.05) is 6.54 Å². The smallest absolute Gasteiger partial charge is 0.253 e. The van der Waals surface area contributed by atoms with Gasteiger partial charge in [0.2, 0.25) is 5.56 Å². The Hall–Kier alpha value is -1.92. The van der Waals surface area contributed by atoms with Crippen molar-refractivity contribution in [1.82, 2.24) is 10.3 Å². The zero-order chi connectivity index (χ0) is 14.8. The highest BCUT2D eigenvalue weighted by molar-refractivity contribution is 7.10. The molecule has 0 radical (unpaired) electrons. The van der Waals surface area contributed by atoms with Crippen LogP contribution in [0.15, 0.2) is 34.6 Å². The lowest BCUT2D eigenvalue weighted by atomic mass is 10.0. The Kier molecular flexibility index (Phi) is 4.06. The zero-order valence-corrected chi connectivity index (χ0v) is 12.1. The number of aryl methyl sites for hydroxylation is 1. The molecular formula is C14H16N2O3S. The summed E-state index contributed by atoms with van der Waals surface area (Å²) in [5, 5.41) is 14.9. The maximum atomic E-state index is 12.1. The monoisotopic (exact) mass is 292 g/mol. The average Bonchev–Trinajstić information content (AvgIpc) is 2.90. The number of thiophene rings is 1. The number of aromatic amines is 1. The Morgan fingerprint density at radius 2 is 2.30 bits per heavy atom. The van der Waals surface area contributed by atoms with E-state index in [-0.39, 0.29) is 18.0 Å². The molecule has 0 bridgehead atoms. The summed E-state index contributed by atoms with van der Waals surface area (Å²) < 4.78 is 0. The Bertz CT molecular complexity index is 659. The number of pyridine rings is 1. The van der Waals surface area contributed by atoms with E-state index < -0.39 is 5.60 Å².